The normalized spacial score (nSPS) is 18.5. The van der Waals surface area contributed by atoms with Crippen molar-refractivity contribution in [3.05, 3.63) is 44.1 Å². The summed E-state index contributed by atoms with van der Waals surface area (Å²) in [4.78, 5) is 11.2. The van der Waals surface area contributed by atoms with Gasteiger partial charge in [-0.25, -0.2) is 0 Å². The largest absolute Gasteiger partial charge is 0.507 e. The van der Waals surface area contributed by atoms with Crippen LogP contribution in [0.1, 0.15) is 107 Å². The molecule has 1 atom stereocenters. The van der Waals surface area contributed by atoms with Crippen LogP contribution in [0.4, 0.5) is 0 Å². The van der Waals surface area contributed by atoms with Crippen LogP contribution in [0.15, 0.2) is 11.8 Å². The smallest absolute Gasteiger partial charge is 0.242 e. The van der Waals surface area contributed by atoms with Crippen LogP contribution in [0.5, 0.6) is 11.5 Å². The van der Waals surface area contributed by atoms with Gasteiger partial charge in [-0.2, -0.15) is 0 Å². The molecule has 0 saturated carbocycles. The number of allylic oxidation sites excluding steroid dienone is 2. The highest BCUT2D eigenvalue weighted by Crippen LogP contribution is 2.44. The predicted molar refractivity (Wildman–Crippen MR) is 127 cm³/mol. The lowest BCUT2D eigenvalue weighted by atomic mass is 9.84. The van der Waals surface area contributed by atoms with E-state index in [1.54, 1.807) is 0 Å². The highest BCUT2D eigenvalue weighted by Gasteiger charge is 2.34. The van der Waals surface area contributed by atoms with Crippen LogP contribution in [-0.2, 0) is 6.42 Å². The molecule has 0 radical (unpaired) electrons. The summed E-state index contributed by atoms with van der Waals surface area (Å²) >= 11 is 0. The van der Waals surface area contributed by atoms with Gasteiger partial charge in [0.1, 0.15) is 17.1 Å². The summed E-state index contributed by atoms with van der Waals surface area (Å²) in [5.74, 6) is 1.30. The number of benzene rings is 1. The van der Waals surface area contributed by atoms with Gasteiger partial charge in [0, 0.05) is 12.0 Å². The molecule has 0 spiro atoms. The molecule has 0 amide bonds. The minimum absolute atomic E-state index is 0.206. The Hall–Kier alpha value is -2.04. The van der Waals surface area contributed by atoms with E-state index in [9.17, 15) is 15.2 Å². The SMILES string of the molecule is CCCCCCCC/C(=C/CCCC1(C)CCc2c(C)c(O)c(C)c(C)c2O1)[N+](=O)[O-]. The van der Waals surface area contributed by atoms with Crippen molar-refractivity contribution in [2.24, 2.45) is 0 Å². The van der Waals surface area contributed by atoms with Crippen molar-refractivity contribution in [1.29, 1.82) is 0 Å². The van der Waals surface area contributed by atoms with Gasteiger partial charge in [0.25, 0.3) is 0 Å². The Bertz CT molecular complexity index is 799. The number of hydrogen-bond donors (Lipinski definition) is 1. The first-order chi connectivity index (χ1) is 14.7. The molecule has 1 unspecified atom stereocenters. The number of fused-ring (bicyclic) bond motifs is 1. The third kappa shape index (κ3) is 6.72. The van der Waals surface area contributed by atoms with E-state index in [1.807, 2.05) is 26.8 Å². The minimum Gasteiger partial charge on any atom is -0.507 e. The Labute approximate surface area is 188 Å². The molecule has 0 aliphatic carbocycles. The van der Waals surface area contributed by atoms with Crippen molar-refractivity contribution in [3.63, 3.8) is 0 Å². The van der Waals surface area contributed by atoms with Crippen molar-refractivity contribution >= 4 is 0 Å². The Morgan fingerprint density at radius 1 is 1.10 bits per heavy atom. The molecule has 1 heterocycles. The molecule has 0 bridgehead atoms. The maximum absolute atomic E-state index is 11.4. The molecule has 1 N–H and O–H groups in total. The van der Waals surface area contributed by atoms with E-state index < -0.39 is 0 Å². The zero-order valence-electron chi connectivity index (χ0n) is 20.2. The Balaban J connectivity index is 1.89. The fourth-order valence-electron chi connectivity index (χ4n) is 4.57. The van der Waals surface area contributed by atoms with E-state index in [0.717, 1.165) is 66.5 Å². The zero-order chi connectivity index (χ0) is 23.0. The van der Waals surface area contributed by atoms with Gasteiger partial charge in [0.15, 0.2) is 0 Å². The molecule has 0 saturated heterocycles. The van der Waals surface area contributed by atoms with Crippen molar-refractivity contribution in [2.45, 2.75) is 117 Å². The van der Waals surface area contributed by atoms with E-state index in [0.29, 0.717) is 24.3 Å². The molecular formula is C26H41NO4. The van der Waals surface area contributed by atoms with Crippen molar-refractivity contribution in [1.82, 2.24) is 0 Å². The second-order valence-electron chi connectivity index (χ2n) is 9.45. The van der Waals surface area contributed by atoms with Crippen LogP contribution >= 0.6 is 0 Å². The number of rotatable bonds is 12. The standard InChI is InChI=1S/C26H41NO4/c1-6-7-8-9-10-11-14-22(27(29)30)15-12-13-17-26(5)18-16-23-21(4)24(28)19(2)20(3)25(23)31-26/h15,28H,6-14,16-18H2,1-5H3/b22-15-. The van der Waals surface area contributed by atoms with Gasteiger partial charge in [-0.15, -0.1) is 0 Å². The Morgan fingerprint density at radius 2 is 1.77 bits per heavy atom. The third-order valence-electron chi connectivity index (χ3n) is 6.90. The Morgan fingerprint density at radius 3 is 2.45 bits per heavy atom. The molecule has 0 aromatic heterocycles. The van der Waals surface area contributed by atoms with Crippen LogP contribution in [0.2, 0.25) is 0 Å². The molecule has 1 aromatic carbocycles. The van der Waals surface area contributed by atoms with Gasteiger partial charge in [-0.3, -0.25) is 10.1 Å². The van der Waals surface area contributed by atoms with Crippen LogP contribution in [-0.4, -0.2) is 15.6 Å². The topological polar surface area (TPSA) is 72.6 Å². The van der Waals surface area contributed by atoms with Gasteiger partial charge in [0.2, 0.25) is 5.70 Å². The second kappa shape index (κ2) is 11.5. The number of ether oxygens (including phenoxy) is 1. The van der Waals surface area contributed by atoms with E-state index in [2.05, 4.69) is 13.8 Å². The summed E-state index contributed by atoms with van der Waals surface area (Å²) in [6.45, 7) is 10.2. The highest BCUT2D eigenvalue weighted by atomic mass is 16.6. The van der Waals surface area contributed by atoms with Gasteiger partial charge < -0.3 is 9.84 Å². The fourth-order valence-corrected chi connectivity index (χ4v) is 4.57. The highest BCUT2D eigenvalue weighted by molar-refractivity contribution is 5.58. The molecule has 0 fully saturated rings. The average Bonchev–Trinajstić information content (AvgIpc) is 2.74. The summed E-state index contributed by atoms with van der Waals surface area (Å²) < 4.78 is 6.47. The van der Waals surface area contributed by atoms with E-state index in [4.69, 9.17) is 4.74 Å². The minimum atomic E-state index is -0.268. The molecule has 1 aromatic rings. The third-order valence-corrected chi connectivity index (χ3v) is 6.90. The zero-order valence-corrected chi connectivity index (χ0v) is 20.2. The van der Waals surface area contributed by atoms with E-state index in [1.165, 1.54) is 25.7 Å². The lowest BCUT2D eigenvalue weighted by Crippen LogP contribution is -2.37. The van der Waals surface area contributed by atoms with E-state index >= 15 is 0 Å². The Kier molecular flexibility index (Phi) is 9.39. The number of nitro groups is 1. The predicted octanol–water partition coefficient (Wildman–Crippen LogP) is 7.48. The van der Waals surface area contributed by atoms with Gasteiger partial charge >= 0.3 is 0 Å². The molecule has 1 aliphatic rings. The molecule has 174 valence electrons. The lowest BCUT2D eigenvalue weighted by molar-refractivity contribution is -0.428. The lowest BCUT2D eigenvalue weighted by Gasteiger charge is -2.38. The van der Waals surface area contributed by atoms with Gasteiger partial charge in [0.05, 0.1) is 4.92 Å². The maximum Gasteiger partial charge on any atom is 0.242 e. The van der Waals surface area contributed by atoms with Crippen LogP contribution in [0.25, 0.3) is 0 Å². The summed E-state index contributed by atoms with van der Waals surface area (Å²) in [5.41, 5.74) is 4.04. The summed E-state index contributed by atoms with van der Waals surface area (Å²) in [6.07, 6.45) is 13.5. The summed E-state index contributed by atoms with van der Waals surface area (Å²) in [5, 5.41) is 21.7. The summed E-state index contributed by atoms with van der Waals surface area (Å²) in [6, 6.07) is 0. The molecular weight excluding hydrogens is 390 g/mol. The molecule has 5 heteroatoms. The number of nitrogens with zero attached hydrogens (tertiary/aromatic N) is 1. The van der Waals surface area contributed by atoms with Gasteiger partial charge in [-0.1, -0.05) is 39.0 Å². The number of phenols is 1. The van der Waals surface area contributed by atoms with Crippen molar-refractivity contribution in [3.8, 4) is 11.5 Å². The molecule has 1 aliphatic heterocycles. The number of phenolic OH excluding ortho intramolecular Hbond substituents is 1. The maximum atomic E-state index is 11.4. The van der Waals surface area contributed by atoms with Crippen molar-refractivity contribution in [2.75, 3.05) is 0 Å². The monoisotopic (exact) mass is 431 g/mol. The average molecular weight is 432 g/mol. The van der Waals surface area contributed by atoms with Gasteiger partial charge in [-0.05, 0) is 89.0 Å². The van der Waals surface area contributed by atoms with E-state index in [-0.39, 0.29) is 10.5 Å². The first kappa shape index (κ1) is 25.2. The van der Waals surface area contributed by atoms with Crippen LogP contribution in [0.3, 0.4) is 0 Å². The molecule has 2 rings (SSSR count). The second-order valence-corrected chi connectivity index (χ2v) is 9.45. The van der Waals surface area contributed by atoms with Crippen LogP contribution < -0.4 is 4.74 Å². The number of aromatic hydroxyl groups is 1. The first-order valence-electron chi connectivity index (χ1n) is 12.0. The quantitative estimate of drug-likeness (QED) is 0.211. The number of hydrogen-bond acceptors (Lipinski definition) is 4. The summed E-state index contributed by atoms with van der Waals surface area (Å²) in [7, 11) is 0. The molecule has 5 nitrogen and oxygen atoms in total. The molecule has 31 heavy (non-hydrogen) atoms. The first-order valence-corrected chi connectivity index (χ1v) is 12.0. The number of unbranched alkanes of at least 4 members (excludes halogenated alkanes) is 6. The van der Waals surface area contributed by atoms with Crippen molar-refractivity contribution < 1.29 is 14.8 Å². The fraction of sp³-hybridized carbons (Fsp3) is 0.692. The van der Waals surface area contributed by atoms with Crippen LogP contribution in [0, 0.1) is 30.9 Å².